The van der Waals surface area contributed by atoms with Gasteiger partial charge in [0.1, 0.15) is 17.2 Å². The summed E-state index contributed by atoms with van der Waals surface area (Å²) in [7, 11) is 1.46. The van der Waals surface area contributed by atoms with Crippen molar-refractivity contribution in [1.82, 2.24) is 34.3 Å². The van der Waals surface area contributed by atoms with E-state index in [1.54, 1.807) is 30.9 Å². The Balaban J connectivity index is 1.42. The Morgan fingerprint density at radius 3 is 2.94 bits per heavy atom. The predicted molar refractivity (Wildman–Crippen MR) is 112 cm³/mol. The monoisotopic (exact) mass is 416 g/mol. The van der Waals surface area contributed by atoms with Crippen LogP contribution in [0.4, 0.5) is 5.82 Å². The zero-order chi connectivity index (χ0) is 21.4. The zero-order valence-electron chi connectivity index (χ0n) is 17.1. The summed E-state index contributed by atoms with van der Waals surface area (Å²) in [6.45, 7) is 2.17. The number of rotatable bonds is 5. The first-order chi connectivity index (χ1) is 15.1. The first-order valence-electron chi connectivity index (χ1n) is 9.89. The molecule has 0 aliphatic carbocycles. The van der Waals surface area contributed by atoms with Gasteiger partial charge in [0.2, 0.25) is 5.88 Å². The smallest absolute Gasteiger partial charge is 0.263 e. The number of imidazole rings is 1. The van der Waals surface area contributed by atoms with Gasteiger partial charge in [-0.1, -0.05) is 6.07 Å². The molecule has 1 aliphatic rings. The number of carbonyl (C=O) groups is 1. The first kappa shape index (κ1) is 18.9. The van der Waals surface area contributed by atoms with E-state index in [0.717, 1.165) is 30.1 Å². The van der Waals surface area contributed by atoms with Crippen LogP contribution >= 0.6 is 0 Å². The van der Waals surface area contributed by atoms with Gasteiger partial charge in [-0.05, 0) is 25.5 Å². The molecule has 156 valence electrons. The molecule has 1 aliphatic heterocycles. The van der Waals surface area contributed by atoms with Crippen LogP contribution in [0.1, 0.15) is 35.6 Å². The number of fused-ring (bicyclic) bond motifs is 1. The molecule has 0 aromatic carbocycles. The van der Waals surface area contributed by atoms with Crippen LogP contribution in [0.2, 0.25) is 0 Å². The summed E-state index contributed by atoms with van der Waals surface area (Å²) in [4.78, 5) is 30.3. The maximum Gasteiger partial charge on any atom is 0.263 e. The van der Waals surface area contributed by atoms with Crippen LogP contribution in [0.25, 0.3) is 17.2 Å². The molecule has 1 amide bonds. The highest BCUT2D eigenvalue weighted by atomic mass is 16.5. The number of hydrogen-bond donors (Lipinski definition) is 1. The second-order valence-corrected chi connectivity index (χ2v) is 7.24. The van der Waals surface area contributed by atoms with E-state index in [-0.39, 0.29) is 17.4 Å². The van der Waals surface area contributed by atoms with E-state index in [1.165, 1.54) is 11.8 Å². The summed E-state index contributed by atoms with van der Waals surface area (Å²) in [5, 5.41) is 7.10. The minimum absolute atomic E-state index is 0.182. The molecular formula is C21H20N8O2. The number of aromatic nitrogens is 7. The van der Waals surface area contributed by atoms with Gasteiger partial charge < -0.3 is 14.6 Å². The average Bonchev–Trinajstić information content (AvgIpc) is 3.51. The predicted octanol–water partition coefficient (Wildman–Crippen LogP) is 2.69. The SMILES string of the molecule is COc1nn(-c2cnccn2)cc1C(=O)Nc1cccc(-c2cnc3n2[C@H](C)CC3)n1. The molecule has 4 aromatic rings. The summed E-state index contributed by atoms with van der Waals surface area (Å²) >= 11 is 0. The number of pyridine rings is 1. The van der Waals surface area contributed by atoms with E-state index in [9.17, 15) is 4.79 Å². The molecule has 4 aromatic heterocycles. The van der Waals surface area contributed by atoms with Gasteiger partial charge in [0, 0.05) is 31.1 Å². The Kier molecular flexibility index (Phi) is 4.66. The van der Waals surface area contributed by atoms with Crippen LogP contribution in [0.15, 0.2) is 49.2 Å². The minimum Gasteiger partial charge on any atom is -0.479 e. The standard InChI is InChI=1S/C21H20N8O2/c1-13-6-7-18-24-10-16(29(13)18)15-4-3-5-17(25-15)26-20(30)14-12-28(27-21(14)31-2)19-11-22-8-9-23-19/h3-5,8-13H,6-7H2,1-2H3,(H,25,26,30)/t13-/m1/s1. The number of methoxy groups -OCH3 is 1. The average molecular weight is 416 g/mol. The van der Waals surface area contributed by atoms with Crippen molar-refractivity contribution < 1.29 is 9.53 Å². The molecular weight excluding hydrogens is 396 g/mol. The lowest BCUT2D eigenvalue weighted by Gasteiger charge is -2.12. The topological polar surface area (TPSA) is 113 Å². The van der Waals surface area contributed by atoms with E-state index in [4.69, 9.17) is 4.74 Å². The molecule has 10 nitrogen and oxygen atoms in total. The number of nitrogens with zero attached hydrogens (tertiary/aromatic N) is 7. The maximum absolute atomic E-state index is 12.9. The van der Waals surface area contributed by atoms with Crippen LogP contribution in [0, 0.1) is 0 Å². The van der Waals surface area contributed by atoms with Gasteiger partial charge in [0.15, 0.2) is 5.82 Å². The second kappa shape index (κ2) is 7.63. The number of anilines is 1. The van der Waals surface area contributed by atoms with Gasteiger partial charge in [0.25, 0.3) is 5.91 Å². The molecule has 0 fully saturated rings. The normalized spacial score (nSPS) is 15.0. The number of hydrogen-bond acceptors (Lipinski definition) is 7. The fraction of sp³-hybridized carbons (Fsp3) is 0.238. The van der Waals surface area contributed by atoms with E-state index in [1.807, 2.05) is 18.3 Å². The van der Waals surface area contributed by atoms with Crippen LogP contribution in [0.5, 0.6) is 5.88 Å². The van der Waals surface area contributed by atoms with Crippen molar-refractivity contribution in [2.75, 3.05) is 12.4 Å². The second-order valence-electron chi connectivity index (χ2n) is 7.24. The largest absolute Gasteiger partial charge is 0.479 e. The Hall–Kier alpha value is -4.08. The van der Waals surface area contributed by atoms with E-state index >= 15 is 0 Å². The third kappa shape index (κ3) is 3.41. The summed E-state index contributed by atoms with van der Waals surface area (Å²) in [5.74, 6) is 1.77. The number of carbonyl (C=O) groups excluding carboxylic acids is 1. The van der Waals surface area contributed by atoms with Crippen LogP contribution in [-0.2, 0) is 6.42 Å². The molecule has 5 heterocycles. The highest BCUT2D eigenvalue weighted by Gasteiger charge is 2.24. The lowest BCUT2D eigenvalue weighted by molar-refractivity contribution is 0.102. The van der Waals surface area contributed by atoms with E-state index in [2.05, 4.69) is 41.8 Å². The number of ether oxygens (including phenoxy) is 1. The van der Waals surface area contributed by atoms with Crippen molar-refractivity contribution in [2.45, 2.75) is 25.8 Å². The molecule has 0 radical (unpaired) electrons. The van der Waals surface area contributed by atoms with Gasteiger partial charge in [-0.15, -0.1) is 5.10 Å². The van der Waals surface area contributed by atoms with Crippen molar-refractivity contribution in [3.8, 4) is 23.1 Å². The molecule has 31 heavy (non-hydrogen) atoms. The van der Waals surface area contributed by atoms with Gasteiger partial charge >= 0.3 is 0 Å². The quantitative estimate of drug-likeness (QED) is 0.532. The van der Waals surface area contributed by atoms with E-state index in [0.29, 0.717) is 17.7 Å². The Bertz CT molecular complexity index is 1250. The molecule has 0 unspecified atom stereocenters. The van der Waals surface area contributed by atoms with Crippen molar-refractivity contribution in [2.24, 2.45) is 0 Å². The van der Waals surface area contributed by atoms with Crippen molar-refractivity contribution >= 4 is 11.7 Å². The first-order valence-corrected chi connectivity index (χ1v) is 9.89. The lowest BCUT2D eigenvalue weighted by Crippen LogP contribution is -2.13. The third-order valence-electron chi connectivity index (χ3n) is 5.26. The number of amides is 1. The van der Waals surface area contributed by atoms with Gasteiger partial charge in [-0.3, -0.25) is 9.78 Å². The molecule has 0 saturated carbocycles. The molecule has 1 atom stereocenters. The van der Waals surface area contributed by atoms with Crippen molar-refractivity contribution in [3.63, 3.8) is 0 Å². The third-order valence-corrected chi connectivity index (χ3v) is 5.26. The highest BCUT2D eigenvalue weighted by Crippen LogP contribution is 2.31. The fourth-order valence-electron chi connectivity index (χ4n) is 3.75. The molecule has 1 N–H and O–H groups in total. The van der Waals surface area contributed by atoms with Crippen molar-refractivity contribution in [1.29, 1.82) is 0 Å². The van der Waals surface area contributed by atoms with E-state index < -0.39 is 0 Å². The van der Waals surface area contributed by atoms with Gasteiger partial charge in [-0.2, -0.15) is 0 Å². The highest BCUT2D eigenvalue weighted by molar-refractivity contribution is 6.05. The molecule has 10 heteroatoms. The summed E-state index contributed by atoms with van der Waals surface area (Å²) < 4.78 is 8.93. The molecule has 0 spiro atoms. The molecule has 5 rings (SSSR count). The zero-order valence-corrected chi connectivity index (χ0v) is 17.1. The Morgan fingerprint density at radius 1 is 1.23 bits per heavy atom. The van der Waals surface area contributed by atoms with Crippen LogP contribution in [0.3, 0.4) is 0 Å². The van der Waals surface area contributed by atoms with Crippen LogP contribution < -0.4 is 10.1 Å². The molecule has 0 saturated heterocycles. The maximum atomic E-state index is 12.9. The summed E-state index contributed by atoms with van der Waals surface area (Å²) in [5.41, 5.74) is 1.97. The Labute approximate surface area is 178 Å². The fourth-order valence-corrected chi connectivity index (χ4v) is 3.75. The Morgan fingerprint density at radius 2 is 2.13 bits per heavy atom. The lowest BCUT2D eigenvalue weighted by atomic mass is 10.2. The molecule has 0 bridgehead atoms. The van der Waals surface area contributed by atoms with Gasteiger partial charge in [0.05, 0.1) is 30.9 Å². The summed E-state index contributed by atoms with van der Waals surface area (Å²) in [6.07, 6.45) is 10.1. The van der Waals surface area contributed by atoms with Gasteiger partial charge in [-0.25, -0.2) is 19.6 Å². The van der Waals surface area contributed by atoms with Crippen molar-refractivity contribution in [3.05, 3.63) is 60.6 Å². The number of nitrogens with one attached hydrogen (secondary N) is 1. The number of aryl methyl sites for hydroxylation is 1. The minimum atomic E-state index is -0.386. The summed E-state index contributed by atoms with van der Waals surface area (Å²) in [6, 6.07) is 5.89. The van der Waals surface area contributed by atoms with Crippen LogP contribution in [-0.4, -0.2) is 47.3 Å².